The zero-order valence-corrected chi connectivity index (χ0v) is 14.3. The van der Waals surface area contributed by atoms with E-state index in [2.05, 4.69) is 15.7 Å². The smallest absolute Gasteiger partial charge is 0.171 e. The number of halogens is 2. The van der Waals surface area contributed by atoms with Gasteiger partial charge in [0.2, 0.25) is 0 Å². The second-order valence-electron chi connectivity index (χ2n) is 4.79. The van der Waals surface area contributed by atoms with Crippen LogP contribution in [0, 0.1) is 6.92 Å². The van der Waals surface area contributed by atoms with E-state index in [0.29, 0.717) is 15.2 Å². The lowest BCUT2D eigenvalue weighted by Crippen LogP contribution is -2.31. The predicted octanol–water partition coefficient (Wildman–Crippen LogP) is 4.08. The number of nitrogens with zero attached hydrogens (tertiary/aromatic N) is 2. The van der Waals surface area contributed by atoms with Crippen LogP contribution in [0.15, 0.2) is 24.4 Å². The predicted molar refractivity (Wildman–Crippen MR) is 92.2 cm³/mol. The molecule has 7 heteroatoms. The van der Waals surface area contributed by atoms with Crippen LogP contribution in [0.1, 0.15) is 24.2 Å². The largest absolute Gasteiger partial charge is 0.356 e. The molecule has 0 fully saturated rings. The molecular formula is C14H16Cl2N4S. The molecule has 1 aromatic carbocycles. The molecule has 0 saturated heterocycles. The van der Waals surface area contributed by atoms with Crippen molar-refractivity contribution < 1.29 is 0 Å². The Balaban J connectivity index is 2.03. The molecule has 0 radical (unpaired) electrons. The summed E-state index contributed by atoms with van der Waals surface area (Å²) in [6.07, 6.45) is 1.84. The number of aryl methyl sites for hydroxylation is 1. The van der Waals surface area contributed by atoms with Crippen molar-refractivity contribution in [2.45, 2.75) is 19.9 Å². The number of rotatable bonds is 3. The summed E-state index contributed by atoms with van der Waals surface area (Å²) in [5.41, 5.74) is 2.95. The summed E-state index contributed by atoms with van der Waals surface area (Å²) in [5.74, 6) is 0. The lowest BCUT2D eigenvalue weighted by Gasteiger charge is -2.17. The Morgan fingerprint density at radius 3 is 2.43 bits per heavy atom. The van der Waals surface area contributed by atoms with Crippen LogP contribution in [0.3, 0.4) is 0 Å². The molecule has 0 aliphatic rings. The van der Waals surface area contributed by atoms with Crippen LogP contribution in [-0.4, -0.2) is 14.9 Å². The van der Waals surface area contributed by atoms with E-state index >= 15 is 0 Å². The summed E-state index contributed by atoms with van der Waals surface area (Å²) in [5, 5.41) is 12.1. The third-order valence-electron chi connectivity index (χ3n) is 3.21. The van der Waals surface area contributed by atoms with E-state index in [1.165, 1.54) is 0 Å². The number of hydrogen-bond donors (Lipinski definition) is 2. The van der Waals surface area contributed by atoms with E-state index in [4.69, 9.17) is 35.4 Å². The fourth-order valence-corrected chi connectivity index (χ4v) is 2.83. The molecule has 1 atom stereocenters. The summed E-state index contributed by atoms with van der Waals surface area (Å²) >= 11 is 17.2. The van der Waals surface area contributed by atoms with Crippen molar-refractivity contribution in [3.8, 4) is 0 Å². The fraction of sp³-hybridized carbons (Fsp3) is 0.286. The van der Waals surface area contributed by atoms with E-state index in [-0.39, 0.29) is 6.04 Å². The van der Waals surface area contributed by atoms with Crippen LogP contribution >= 0.6 is 35.4 Å². The molecule has 112 valence electrons. The summed E-state index contributed by atoms with van der Waals surface area (Å²) in [7, 11) is 1.91. The lowest BCUT2D eigenvalue weighted by molar-refractivity contribution is 0.701. The average molecular weight is 343 g/mol. The van der Waals surface area contributed by atoms with E-state index in [0.717, 1.165) is 16.9 Å². The van der Waals surface area contributed by atoms with Crippen molar-refractivity contribution >= 4 is 46.2 Å². The van der Waals surface area contributed by atoms with Gasteiger partial charge in [0.25, 0.3) is 0 Å². The van der Waals surface area contributed by atoms with Crippen molar-refractivity contribution in [3.63, 3.8) is 0 Å². The second-order valence-corrected chi connectivity index (χ2v) is 6.07. The average Bonchev–Trinajstić information content (AvgIpc) is 2.68. The van der Waals surface area contributed by atoms with Gasteiger partial charge in [-0.3, -0.25) is 4.68 Å². The van der Waals surface area contributed by atoms with Gasteiger partial charge in [0.05, 0.1) is 12.2 Å². The molecule has 4 nitrogen and oxygen atoms in total. The molecule has 2 N–H and O–H groups in total. The normalized spacial score (nSPS) is 12.0. The van der Waals surface area contributed by atoms with E-state index in [1.807, 2.05) is 31.8 Å². The molecule has 0 amide bonds. The molecule has 1 unspecified atom stereocenters. The Labute approximate surface area is 139 Å². The van der Waals surface area contributed by atoms with Crippen LogP contribution in [0.5, 0.6) is 0 Å². The highest BCUT2D eigenvalue weighted by atomic mass is 35.5. The molecular weight excluding hydrogens is 327 g/mol. The van der Waals surface area contributed by atoms with Gasteiger partial charge in [-0.25, -0.2) is 0 Å². The first-order valence-electron chi connectivity index (χ1n) is 6.39. The monoisotopic (exact) mass is 342 g/mol. The molecule has 1 aromatic heterocycles. The first-order valence-corrected chi connectivity index (χ1v) is 7.55. The number of benzene rings is 1. The number of aromatic nitrogens is 2. The molecule has 0 aliphatic heterocycles. The van der Waals surface area contributed by atoms with Gasteiger partial charge in [-0.15, -0.1) is 0 Å². The molecule has 0 bridgehead atoms. The first-order chi connectivity index (χ1) is 9.86. The Bertz CT molecular complexity index is 649. The molecule has 21 heavy (non-hydrogen) atoms. The van der Waals surface area contributed by atoms with Gasteiger partial charge in [-0.2, -0.15) is 5.10 Å². The Hall–Kier alpha value is -1.30. The van der Waals surface area contributed by atoms with Gasteiger partial charge >= 0.3 is 0 Å². The van der Waals surface area contributed by atoms with Crippen LogP contribution < -0.4 is 10.6 Å². The highest BCUT2D eigenvalue weighted by Gasteiger charge is 2.13. The molecule has 1 heterocycles. The standard InChI is InChI=1S/C14H16Cl2N4S/c1-8(13-7-17-20(3)9(13)2)18-14(21)19-12-5-10(15)4-11(16)6-12/h4-8H,1-3H3,(H2,18,19,21). The third-order valence-corrected chi connectivity index (χ3v) is 3.86. The van der Waals surface area contributed by atoms with Crippen LogP contribution in [0.2, 0.25) is 10.0 Å². The van der Waals surface area contributed by atoms with E-state index in [1.54, 1.807) is 18.2 Å². The van der Waals surface area contributed by atoms with Gasteiger partial charge in [0, 0.05) is 34.0 Å². The Morgan fingerprint density at radius 2 is 1.90 bits per heavy atom. The first kappa shape index (κ1) is 16.1. The second kappa shape index (κ2) is 6.64. The van der Waals surface area contributed by atoms with Crippen molar-refractivity contribution in [3.05, 3.63) is 45.7 Å². The fourth-order valence-electron chi connectivity index (χ4n) is 2.01. The zero-order chi connectivity index (χ0) is 15.6. The van der Waals surface area contributed by atoms with Crippen molar-refractivity contribution in [2.75, 3.05) is 5.32 Å². The number of nitrogens with one attached hydrogen (secondary N) is 2. The number of thiocarbonyl (C=S) groups is 1. The van der Waals surface area contributed by atoms with E-state index in [9.17, 15) is 0 Å². The minimum Gasteiger partial charge on any atom is -0.356 e. The summed E-state index contributed by atoms with van der Waals surface area (Å²) < 4.78 is 1.83. The summed E-state index contributed by atoms with van der Waals surface area (Å²) in [4.78, 5) is 0. The van der Waals surface area contributed by atoms with Crippen molar-refractivity contribution in [2.24, 2.45) is 7.05 Å². The minimum absolute atomic E-state index is 0.0494. The topological polar surface area (TPSA) is 41.9 Å². The maximum Gasteiger partial charge on any atom is 0.171 e. The van der Waals surface area contributed by atoms with Gasteiger partial charge in [0.1, 0.15) is 0 Å². The van der Waals surface area contributed by atoms with Crippen LogP contribution in [0.25, 0.3) is 0 Å². The van der Waals surface area contributed by atoms with E-state index < -0.39 is 0 Å². The molecule has 2 aromatic rings. The van der Waals surface area contributed by atoms with Gasteiger partial charge in [0.15, 0.2) is 5.11 Å². The molecule has 0 spiro atoms. The van der Waals surface area contributed by atoms with Crippen LogP contribution in [0.4, 0.5) is 5.69 Å². The van der Waals surface area contributed by atoms with Gasteiger partial charge < -0.3 is 10.6 Å². The van der Waals surface area contributed by atoms with Crippen molar-refractivity contribution in [1.29, 1.82) is 0 Å². The summed E-state index contributed by atoms with van der Waals surface area (Å²) in [6.45, 7) is 4.05. The lowest BCUT2D eigenvalue weighted by atomic mass is 10.1. The SMILES string of the molecule is Cc1c(C(C)NC(=S)Nc2cc(Cl)cc(Cl)c2)cnn1C. The Kier molecular flexibility index (Phi) is 5.08. The minimum atomic E-state index is 0.0494. The molecule has 0 saturated carbocycles. The maximum absolute atomic E-state index is 5.96. The van der Waals surface area contributed by atoms with Gasteiger partial charge in [-0.05, 0) is 44.3 Å². The van der Waals surface area contributed by atoms with Crippen molar-refractivity contribution in [1.82, 2.24) is 15.1 Å². The summed E-state index contributed by atoms with van der Waals surface area (Å²) in [6, 6.07) is 5.25. The zero-order valence-electron chi connectivity index (χ0n) is 11.9. The third kappa shape index (κ3) is 4.09. The molecule has 2 rings (SSSR count). The Morgan fingerprint density at radius 1 is 1.29 bits per heavy atom. The number of anilines is 1. The number of hydrogen-bond acceptors (Lipinski definition) is 2. The highest BCUT2D eigenvalue weighted by Crippen LogP contribution is 2.22. The highest BCUT2D eigenvalue weighted by molar-refractivity contribution is 7.80. The molecule has 0 aliphatic carbocycles. The van der Waals surface area contributed by atoms with Gasteiger partial charge in [-0.1, -0.05) is 23.2 Å². The maximum atomic E-state index is 5.96. The van der Waals surface area contributed by atoms with Crippen LogP contribution in [-0.2, 0) is 7.05 Å². The quantitative estimate of drug-likeness (QED) is 0.824.